The highest BCUT2D eigenvalue weighted by Gasteiger charge is 2.22. The van der Waals surface area contributed by atoms with Crippen LogP contribution in [0.25, 0.3) is 0 Å². The van der Waals surface area contributed by atoms with E-state index < -0.39 is 4.92 Å². The highest BCUT2D eigenvalue weighted by atomic mass is 32.1. The van der Waals surface area contributed by atoms with Gasteiger partial charge < -0.3 is 9.47 Å². The second-order valence-corrected chi connectivity index (χ2v) is 5.04. The number of nitro groups is 1. The number of nitro benzene ring substituents is 1. The number of nitrogens with one attached hydrogen (secondary N) is 1. The van der Waals surface area contributed by atoms with Gasteiger partial charge in [0.2, 0.25) is 11.9 Å². The van der Waals surface area contributed by atoms with Gasteiger partial charge >= 0.3 is 0 Å². The summed E-state index contributed by atoms with van der Waals surface area (Å²) in [4.78, 5) is 14.8. The predicted molar refractivity (Wildman–Crippen MR) is 77.3 cm³/mol. The molecule has 0 saturated heterocycles. The fourth-order valence-electron chi connectivity index (χ4n) is 1.77. The molecule has 0 spiro atoms. The number of nitrogens with zero attached hydrogens (tertiary/aromatic N) is 3. The number of aryl methyl sites for hydroxylation is 1. The third kappa shape index (κ3) is 2.77. The molecule has 0 amide bonds. The van der Waals surface area contributed by atoms with Crippen LogP contribution in [-0.4, -0.2) is 22.9 Å². The Hall–Kier alpha value is -2.68. The van der Waals surface area contributed by atoms with E-state index >= 15 is 0 Å². The van der Waals surface area contributed by atoms with E-state index in [0.717, 1.165) is 5.69 Å². The molecule has 21 heavy (non-hydrogen) atoms. The van der Waals surface area contributed by atoms with Gasteiger partial charge in [0.25, 0.3) is 5.69 Å². The van der Waals surface area contributed by atoms with Crippen LogP contribution < -0.4 is 14.9 Å². The molecule has 2 aromatic rings. The van der Waals surface area contributed by atoms with Crippen LogP contribution >= 0.6 is 11.3 Å². The standard InChI is InChI=1S/C12H10N4O4S/c1-7-5-21-12(14-7)15-13-4-8-2-10-11(20-6-19-10)3-9(8)16(17)18/h2-5H,6H2,1H3,(H,14,15). The molecule has 1 aliphatic rings. The van der Waals surface area contributed by atoms with Crippen molar-refractivity contribution in [3.8, 4) is 11.5 Å². The minimum Gasteiger partial charge on any atom is -0.454 e. The van der Waals surface area contributed by atoms with Crippen molar-refractivity contribution in [2.75, 3.05) is 12.2 Å². The Bertz CT molecular complexity index is 728. The average molecular weight is 306 g/mol. The third-order valence-electron chi connectivity index (χ3n) is 2.70. The SMILES string of the molecule is Cc1csc(NN=Cc2cc3c(cc2[N+](=O)[O-])OCO3)n1. The zero-order valence-corrected chi connectivity index (χ0v) is 11.7. The van der Waals surface area contributed by atoms with Crippen molar-refractivity contribution in [3.05, 3.63) is 38.9 Å². The Kier molecular flexibility index (Phi) is 3.40. The van der Waals surface area contributed by atoms with Gasteiger partial charge in [0.1, 0.15) is 0 Å². The van der Waals surface area contributed by atoms with E-state index in [-0.39, 0.29) is 12.5 Å². The van der Waals surface area contributed by atoms with Gasteiger partial charge in [-0.15, -0.1) is 11.3 Å². The molecule has 0 aliphatic carbocycles. The van der Waals surface area contributed by atoms with E-state index in [1.165, 1.54) is 29.7 Å². The molecule has 3 rings (SSSR count). The van der Waals surface area contributed by atoms with Crippen molar-refractivity contribution >= 4 is 28.4 Å². The number of aromatic nitrogens is 1. The number of hydrogen-bond acceptors (Lipinski definition) is 8. The van der Waals surface area contributed by atoms with Crippen LogP contribution in [0.1, 0.15) is 11.3 Å². The molecule has 0 radical (unpaired) electrons. The smallest absolute Gasteiger partial charge is 0.282 e. The predicted octanol–water partition coefficient (Wildman–Crippen LogP) is 2.53. The van der Waals surface area contributed by atoms with Crippen LogP contribution in [0.3, 0.4) is 0 Å². The Morgan fingerprint density at radius 2 is 2.24 bits per heavy atom. The average Bonchev–Trinajstić information content (AvgIpc) is 3.06. The number of anilines is 1. The molecule has 9 heteroatoms. The van der Waals surface area contributed by atoms with E-state index in [1.54, 1.807) is 0 Å². The van der Waals surface area contributed by atoms with Crippen molar-refractivity contribution < 1.29 is 14.4 Å². The molecule has 0 fully saturated rings. The molecule has 0 saturated carbocycles. The van der Waals surface area contributed by atoms with Crippen molar-refractivity contribution in [1.29, 1.82) is 0 Å². The van der Waals surface area contributed by atoms with Gasteiger partial charge in [0.05, 0.1) is 28.5 Å². The number of thiazole rings is 1. The largest absolute Gasteiger partial charge is 0.454 e. The van der Waals surface area contributed by atoms with Crippen molar-refractivity contribution in [3.63, 3.8) is 0 Å². The van der Waals surface area contributed by atoms with E-state index in [2.05, 4.69) is 15.5 Å². The summed E-state index contributed by atoms with van der Waals surface area (Å²) in [6, 6.07) is 2.86. The van der Waals surface area contributed by atoms with E-state index in [0.29, 0.717) is 22.2 Å². The normalized spacial score (nSPS) is 12.8. The molecule has 0 bridgehead atoms. The van der Waals surface area contributed by atoms with Crippen molar-refractivity contribution in [2.45, 2.75) is 6.92 Å². The number of ether oxygens (including phenoxy) is 2. The third-order valence-corrected chi connectivity index (χ3v) is 3.57. The van der Waals surface area contributed by atoms with Crippen LogP contribution in [0, 0.1) is 17.0 Å². The van der Waals surface area contributed by atoms with Crippen LogP contribution in [0.5, 0.6) is 11.5 Å². The summed E-state index contributed by atoms with van der Waals surface area (Å²) >= 11 is 1.40. The first-order chi connectivity index (χ1) is 10.1. The maximum Gasteiger partial charge on any atom is 0.282 e. The Labute approximate surface area is 123 Å². The summed E-state index contributed by atoms with van der Waals surface area (Å²) in [5, 5.41) is 17.5. The Balaban J connectivity index is 1.85. The topological polar surface area (TPSA) is 98.9 Å². The maximum atomic E-state index is 11.1. The fourth-order valence-corrected chi connectivity index (χ4v) is 2.41. The zero-order valence-electron chi connectivity index (χ0n) is 10.9. The molecular weight excluding hydrogens is 296 g/mol. The molecule has 1 aliphatic heterocycles. The molecule has 8 nitrogen and oxygen atoms in total. The lowest BCUT2D eigenvalue weighted by atomic mass is 10.1. The zero-order chi connectivity index (χ0) is 14.8. The van der Waals surface area contributed by atoms with Gasteiger partial charge in [-0.25, -0.2) is 4.98 Å². The molecule has 108 valence electrons. The quantitative estimate of drug-likeness (QED) is 0.529. The monoisotopic (exact) mass is 306 g/mol. The van der Waals surface area contributed by atoms with Gasteiger partial charge in [0, 0.05) is 5.38 Å². The number of hydrazone groups is 1. The van der Waals surface area contributed by atoms with Gasteiger partial charge in [-0.1, -0.05) is 0 Å². The lowest BCUT2D eigenvalue weighted by molar-refractivity contribution is -0.385. The lowest BCUT2D eigenvalue weighted by Gasteiger charge is -2.00. The van der Waals surface area contributed by atoms with Gasteiger partial charge in [-0.3, -0.25) is 15.5 Å². The first-order valence-corrected chi connectivity index (χ1v) is 6.80. The second kappa shape index (κ2) is 5.37. The number of rotatable bonds is 4. The summed E-state index contributed by atoms with van der Waals surface area (Å²) in [5.74, 6) is 0.828. The van der Waals surface area contributed by atoms with Gasteiger partial charge in [-0.2, -0.15) is 5.10 Å². The highest BCUT2D eigenvalue weighted by molar-refractivity contribution is 7.13. The molecule has 0 unspecified atom stereocenters. The lowest BCUT2D eigenvalue weighted by Crippen LogP contribution is -1.97. The van der Waals surface area contributed by atoms with E-state index in [9.17, 15) is 10.1 Å². The molecule has 1 aromatic carbocycles. The number of fused-ring (bicyclic) bond motifs is 1. The second-order valence-electron chi connectivity index (χ2n) is 4.19. The van der Waals surface area contributed by atoms with Crippen molar-refractivity contribution in [1.82, 2.24) is 4.98 Å². The van der Waals surface area contributed by atoms with Gasteiger partial charge in [0.15, 0.2) is 11.5 Å². The van der Waals surface area contributed by atoms with Gasteiger partial charge in [-0.05, 0) is 13.0 Å². The Morgan fingerprint density at radius 3 is 2.90 bits per heavy atom. The fraction of sp³-hybridized carbons (Fsp3) is 0.167. The van der Waals surface area contributed by atoms with Crippen LogP contribution in [-0.2, 0) is 0 Å². The summed E-state index contributed by atoms with van der Waals surface area (Å²) < 4.78 is 10.3. The van der Waals surface area contributed by atoms with E-state index in [1.807, 2.05) is 12.3 Å². The first kappa shape index (κ1) is 13.3. The maximum absolute atomic E-state index is 11.1. The highest BCUT2D eigenvalue weighted by Crippen LogP contribution is 2.37. The van der Waals surface area contributed by atoms with Crippen LogP contribution in [0.15, 0.2) is 22.6 Å². The van der Waals surface area contributed by atoms with Crippen LogP contribution in [0.4, 0.5) is 10.8 Å². The first-order valence-electron chi connectivity index (χ1n) is 5.93. The minimum atomic E-state index is -0.489. The molecule has 1 N–H and O–H groups in total. The van der Waals surface area contributed by atoms with Crippen molar-refractivity contribution in [2.24, 2.45) is 5.10 Å². The number of hydrogen-bond donors (Lipinski definition) is 1. The Morgan fingerprint density at radius 1 is 1.48 bits per heavy atom. The molecular formula is C12H10N4O4S. The summed E-state index contributed by atoms with van der Waals surface area (Å²) in [6.07, 6.45) is 1.36. The molecule has 1 aromatic heterocycles. The molecule has 0 atom stereocenters. The summed E-state index contributed by atoms with van der Waals surface area (Å²) in [7, 11) is 0. The summed E-state index contributed by atoms with van der Waals surface area (Å²) in [6.45, 7) is 1.93. The minimum absolute atomic E-state index is 0.0593. The van der Waals surface area contributed by atoms with E-state index in [4.69, 9.17) is 9.47 Å². The molecule has 2 heterocycles. The van der Waals surface area contributed by atoms with Crippen LogP contribution in [0.2, 0.25) is 0 Å². The number of benzene rings is 1. The summed E-state index contributed by atoms with van der Waals surface area (Å²) in [5.41, 5.74) is 3.84.